The van der Waals surface area contributed by atoms with Crippen LogP contribution in [0.25, 0.3) is 10.9 Å². The van der Waals surface area contributed by atoms with Gasteiger partial charge in [-0.2, -0.15) is 0 Å². The number of aromatic amines is 1. The predicted molar refractivity (Wildman–Crippen MR) is 92.8 cm³/mol. The van der Waals surface area contributed by atoms with E-state index in [2.05, 4.69) is 4.98 Å². The molecule has 1 aromatic carbocycles. The van der Waals surface area contributed by atoms with Crippen molar-refractivity contribution in [3.05, 3.63) is 36.0 Å². The Kier molecular flexibility index (Phi) is 4.88. The first-order chi connectivity index (χ1) is 11.6. The fourth-order valence-electron chi connectivity index (χ4n) is 3.45. The van der Waals surface area contributed by atoms with Crippen LogP contribution in [0.4, 0.5) is 0 Å². The highest BCUT2D eigenvalue weighted by atomic mass is 16.5. The number of rotatable bonds is 4. The fraction of sp³-hybridized carbons (Fsp3) is 0.474. The third-order valence-corrected chi connectivity index (χ3v) is 4.91. The molecule has 1 fully saturated rings. The van der Waals surface area contributed by atoms with Gasteiger partial charge < -0.3 is 14.6 Å². The Hall–Kier alpha value is -2.30. The number of aromatic nitrogens is 1. The molecule has 1 saturated carbocycles. The van der Waals surface area contributed by atoms with E-state index in [-0.39, 0.29) is 11.9 Å². The molecule has 2 aromatic rings. The first-order valence-electron chi connectivity index (χ1n) is 8.61. The largest absolute Gasteiger partial charge is 0.449 e. The van der Waals surface area contributed by atoms with Gasteiger partial charge in [-0.25, -0.2) is 4.79 Å². The number of nitrogens with one attached hydrogen (secondary N) is 1. The number of fused-ring (bicyclic) bond motifs is 1. The van der Waals surface area contributed by atoms with Crippen LogP contribution in [0.1, 0.15) is 49.4 Å². The number of H-pyrrole nitrogens is 1. The zero-order valence-electron chi connectivity index (χ0n) is 14.2. The molecule has 1 aromatic heterocycles. The summed E-state index contributed by atoms with van der Waals surface area (Å²) in [4.78, 5) is 29.8. The van der Waals surface area contributed by atoms with Crippen LogP contribution in [0.5, 0.6) is 0 Å². The summed E-state index contributed by atoms with van der Waals surface area (Å²) >= 11 is 0. The maximum Gasteiger partial charge on any atom is 0.341 e. The van der Waals surface area contributed by atoms with Gasteiger partial charge in [0.05, 0.1) is 5.56 Å². The minimum atomic E-state index is -0.780. The van der Waals surface area contributed by atoms with Crippen molar-refractivity contribution >= 4 is 22.8 Å². The second-order valence-electron chi connectivity index (χ2n) is 6.54. The molecule has 0 aliphatic heterocycles. The van der Waals surface area contributed by atoms with E-state index < -0.39 is 12.1 Å². The third-order valence-electron chi connectivity index (χ3n) is 4.91. The molecule has 0 saturated heterocycles. The fourth-order valence-corrected chi connectivity index (χ4v) is 3.45. The first-order valence-corrected chi connectivity index (χ1v) is 8.61. The van der Waals surface area contributed by atoms with E-state index in [4.69, 9.17) is 4.74 Å². The molecule has 1 aliphatic carbocycles. The van der Waals surface area contributed by atoms with E-state index in [0.29, 0.717) is 5.56 Å². The van der Waals surface area contributed by atoms with Gasteiger partial charge in [0.15, 0.2) is 6.10 Å². The summed E-state index contributed by atoms with van der Waals surface area (Å²) in [7, 11) is 1.81. The second-order valence-corrected chi connectivity index (χ2v) is 6.54. The van der Waals surface area contributed by atoms with Gasteiger partial charge in [0.2, 0.25) is 0 Å². The number of hydrogen-bond donors (Lipinski definition) is 1. The lowest BCUT2D eigenvalue weighted by molar-refractivity contribution is -0.141. The molecule has 0 spiro atoms. The number of benzene rings is 1. The monoisotopic (exact) mass is 328 g/mol. The third kappa shape index (κ3) is 3.30. The summed E-state index contributed by atoms with van der Waals surface area (Å²) < 4.78 is 5.43. The van der Waals surface area contributed by atoms with Gasteiger partial charge in [-0.3, -0.25) is 4.79 Å². The van der Waals surface area contributed by atoms with Crippen molar-refractivity contribution < 1.29 is 14.3 Å². The maximum absolute atomic E-state index is 12.6. The van der Waals surface area contributed by atoms with E-state index in [1.54, 1.807) is 18.0 Å². The van der Waals surface area contributed by atoms with Crippen LogP contribution < -0.4 is 0 Å². The molecule has 3 rings (SSSR count). The van der Waals surface area contributed by atoms with Crippen LogP contribution >= 0.6 is 0 Å². The zero-order valence-corrected chi connectivity index (χ0v) is 14.2. The van der Waals surface area contributed by atoms with Gasteiger partial charge in [0.1, 0.15) is 0 Å². The number of amides is 1. The Balaban J connectivity index is 1.66. The summed E-state index contributed by atoms with van der Waals surface area (Å²) in [6, 6.07) is 7.80. The summed E-state index contributed by atoms with van der Waals surface area (Å²) in [6.45, 7) is 1.65. The normalized spacial score (nSPS) is 16.8. The summed E-state index contributed by atoms with van der Waals surface area (Å²) in [5.74, 6) is -0.597. The molecule has 0 radical (unpaired) electrons. The molecule has 1 atom stereocenters. The van der Waals surface area contributed by atoms with Crippen molar-refractivity contribution in [3.63, 3.8) is 0 Å². The van der Waals surface area contributed by atoms with Gasteiger partial charge >= 0.3 is 5.97 Å². The Morgan fingerprint density at radius 2 is 1.92 bits per heavy atom. The van der Waals surface area contributed by atoms with E-state index >= 15 is 0 Å². The van der Waals surface area contributed by atoms with Crippen LogP contribution in [-0.4, -0.2) is 41.0 Å². The van der Waals surface area contributed by atoms with E-state index in [9.17, 15) is 9.59 Å². The average Bonchev–Trinajstić information content (AvgIpc) is 3.05. The van der Waals surface area contributed by atoms with Crippen LogP contribution in [0.2, 0.25) is 0 Å². The van der Waals surface area contributed by atoms with Gasteiger partial charge in [-0.05, 0) is 25.8 Å². The summed E-state index contributed by atoms with van der Waals surface area (Å²) in [5, 5.41) is 0.808. The first kappa shape index (κ1) is 16.6. The molecule has 24 heavy (non-hydrogen) atoms. The quantitative estimate of drug-likeness (QED) is 0.874. The predicted octanol–water partition coefficient (Wildman–Crippen LogP) is 3.50. The van der Waals surface area contributed by atoms with Crippen LogP contribution in [0.3, 0.4) is 0 Å². The molecular formula is C19H24N2O3. The lowest BCUT2D eigenvalue weighted by atomic mass is 9.94. The Labute approximate surface area is 142 Å². The van der Waals surface area contributed by atoms with Crippen molar-refractivity contribution in [1.29, 1.82) is 0 Å². The molecule has 1 N–H and O–H groups in total. The molecule has 1 aliphatic rings. The van der Waals surface area contributed by atoms with Gasteiger partial charge in [-0.1, -0.05) is 37.5 Å². The SMILES string of the molecule is C[C@H](OC(=O)c1c[nH]c2ccccc12)C(=O)N(C)C1CCCCC1. The molecule has 0 unspecified atom stereocenters. The Bertz CT molecular complexity index is 731. The van der Waals surface area contributed by atoms with Crippen molar-refractivity contribution in [2.24, 2.45) is 0 Å². The molecule has 0 bridgehead atoms. The van der Waals surface area contributed by atoms with Gasteiger partial charge in [-0.15, -0.1) is 0 Å². The second kappa shape index (κ2) is 7.07. The maximum atomic E-state index is 12.6. The number of carbonyl (C=O) groups is 2. The van der Waals surface area contributed by atoms with Crippen molar-refractivity contribution in [1.82, 2.24) is 9.88 Å². The number of likely N-dealkylation sites (N-methyl/N-ethyl adjacent to an activating group) is 1. The van der Waals surface area contributed by atoms with E-state index in [1.165, 1.54) is 6.42 Å². The molecule has 1 amide bonds. The lowest BCUT2D eigenvalue weighted by Gasteiger charge is -2.32. The number of carbonyl (C=O) groups excluding carboxylic acids is 2. The summed E-state index contributed by atoms with van der Waals surface area (Å²) in [6.07, 6.45) is 6.48. The smallest absolute Gasteiger partial charge is 0.341 e. The number of nitrogens with zero attached hydrogens (tertiary/aromatic N) is 1. The number of ether oxygens (including phenoxy) is 1. The van der Waals surface area contributed by atoms with Crippen molar-refractivity contribution in [3.8, 4) is 0 Å². The zero-order chi connectivity index (χ0) is 17.1. The molecule has 5 heteroatoms. The molecular weight excluding hydrogens is 304 g/mol. The molecule has 5 nitrogen and oxygen atoms in total. The highest BCUT2D eigenvalue weighted by Crippen LogP contribution is 2.23. The van der Waals surface area contributed by atoms with Gasteiger partial charge in [0.25, 0.3) is 5.91 Å². The average molecular weight is 328 g/mol. The number of esters is 1. The number of para-hydroxylation sites is 1. The topological polar surface area (TPSA) is 62.4 Å². The molecule has 1 heterocycles. The lowest BCUT2D eigenvalue weighted by Crippen LogP contribution is -2.44. The van der Waals surface area contributed by atoms with Crippen LogP contribution in [-0.2, 0) is 9.53 Å². The summed E-state index contributed by atoms with van der Waals surface area (Å²) in [5.41, 5.74) is 1.34. The van der Waals surface area contributed by atoms with Crippen LogP contribution in [0.15, 0.2) is 30.5 Å². The standard InChI is InChI=1S/C19H24N2O3/c1-13(18(22)21(2)14-8-4-3-5-9-14)24-19(23)16-12-20-17-11-7-6-10-15(16)17/h6-7,10-14,20H,3-5,8-9H2,1-2H3/t13-/m0/s1. The Morgan fingerprint density at radius 3 is 2.67 bits per heavy atom. The van der Waals surface area contributed by atoms with Crippen molar-refractivity contribution in [2.45, 2.75) is 51.2 Å². The molecule has 128 valence electrons. The van der Waals surface area contributed by atoms with Crippen molar-refractivity contribution in [2.75, 3.05) is 7.05 Å². The number of hydrogen-bond acceptors (Lipinski definition) is 3. The highest BCUT2D eigenvalue weighted by molar-refractivity contribution is 6.04. The van der Waals surface area contributed by atoms with Gasteiger partial charge in [0, 0.05) is 30.2 Å². The van der Waals surface area contributed by atoms with E-state index in [1.807, 2.05) is 31.3 Å². The van der Waals surface area contributed by atoms with E-state index in [0.717, 1.165) is 36.6 Å². The minimum Gasteiger partial charge on any atom is -0.449 e. The Morgan fingerprint density at radius 1 is 1.21 bits per heavy atom. The highest BCUT2D eigenvalue weighted by Gasteiger charge is 2.28. The minimum absolute atomic E-state index is 0.130. The van der Waals surface area contributed by atoms with Crippen LogP contribution in [0, 0.1) is 0 Å².